The van der Waals surface area contributed by atoms with Crippen LogP contribution in [0.1, 0.15) is 107 Å². The molecule has 1 rings (SSSR count). The zero-order valence-corrected chi connectivity index (χ0v) is 18.2. The Bertz CT molecular complexity index is 379. The van der Waals surface area contributed by atoms with Crippen molar-refractivity contribution in [2.24, 2.45) is 11.3 Å². The minimum Gasteiger partial charge on any atom is -0.228 e. The van der Waals surface area contributed by atoms with E-state index in [2.05, 4.69) is 62.3 Å². The van der Waals surface area contributed by atoms with Crippen LogP contribution < -0.4 is 0 Å². The second-order valence-corrected chi connectivity index (χ2v) is 9.84. The predicted molar refractivity (Wildman–Crippen MR) is 102 cm³/mol. The van der Waals surface area contributed by atoms with Gasteiger partial charge in [-0.25, -0.2) is 9.78 Å². The van der Waals surface area contributed by atoms with E-state index in [1.165, 1.54) is 0 Å². The SMILES string of the molecule is CCCC(C)(C)OOC1(OOC(C)(C)CCC)CC(C)CCC1(C)C. The van der Waals surface area contributed by atoms with Crippen molar-refractivity contribution in [2.75, 3.05) is 0 Å². The molecular formula is C21H42O4. The van der Waals surface area contributed by atoms with Gasteiger partial charge in [0.1, 0.15) is 0 Å². The molecule has 0 N–H and O–H groups in total. The molecule has 150 valence electrons. The molecular weight excluding hydrogens is 316 g/mol. The van der Waals surface area contributed by atoms with Gasteiger partial charge in [0.15, 0.2) is 0 Å². The quantitative estimate of drug-likeness (QED) is 0.251. The first-order chi connectivity index (χ1) is 11.4. The van der Waals surface area contributed by atoms with Crippen molar-refractivity contribution in [3.05, 3.63) is 0 Å². The van der Waals surface area contributed by atoms with Crippen LogP contribution in [0.2, 0.25) is 0 Å². The molecule has 4 heteroatoms. The van der Waals surface area contributed by atoms with E-state index in [1.54, 1.807) is 0 Å². The van der Waals surface area contributed by atoms with Crippen molar-refractivity contribution < 1.29 is 19.6 Å². The summed E-state index contributed by atoms with van der Waals surface area (Å²) in [6.45, 7) is 19.2. The molecule has 1 aliphatic carbocycles. The average Bonchev–Trinajstić information content (AvgIpc) is 2.47. The summed E-state index contributed by atoms with van der Waals surface area (Å²) in [6.07, 6.45) is 6.91. The lowest BCUT2D eigenvalue weighted by Crippen LogP contribution is -2.55. The van der Waals surface area contributed by atoms with E-state index in [9.17, 15) is 0 Å². The first-order valence-electron chi connectivity index (χ1n) is 10.1. The molecule has 0 heterocycles. The Hall–Kier alpha value is -0.160. The first-order valence-corrected chi connectivity index (χ1v) is 10.1. The van der Waals surface area contributed by atoms with Crippen LogP contribution >= 0.6 is 0 Å². The van der Waals surface area contributed by atoms with Crippen LogP contribution in [0.15, 0.2) is 0 Å². The van der Waals surface area contributed by atoms with Crippen molar-refractivity contribution in [3.8, 4) is 0 Å². The van der Waals surface area contributed by atoms with E-state index in [1.807, 2.05) is 0 Å². The van der Waals surface area contributed by atoms with Gasteiger partial charge in [-0.2, -0.15) is 9.78 Å². The molecule has 0 bridgehead atoms. The number of rotatable bonds is 10. The largest absolute Gasteiger partial charge is 0.239 e. The van der Waals surface area contributed by atoms with Crippen LogP contribution in [-0.2, 0) is 19.6 Å². The molecule has 1 fully saturated rings. The first kappa shape index (κ1) is 22.9. The van der Waals surface area contributed by atoms with Gasteiger partial charge in [0.05, 0.1) is 11.2 Å². The lowest BCUT2D eigenvalue weighted by Gasteiger charge is -2.49. The monoisotopic (exact) mass is 358 g/mol. The highest BCUT2D eigenvalue weighted by Crippen LogP contribution is 2.50. The Morgan fingerprint density at radius 1 is 0.880 bits per heavy atom. The lowest BCUT2D eigenvalue weighted by atomic mass is 9.69. The Morgan fingerprint density at radius 2 is 1.32 bits per heavy atom. The summed E-state index contributed by atoms with van der Waals surface area (Å²) in [5.41, 5.74) is -0.883. The van der Waals surface area contributed by atoms with Crippen LogP contribution in [0.4, 0.5) is 0 Å². The smallest absolute Gasteiger partial charge is 0.228 e. The summed E-state index contributed by atoms with van der Waals surface area (Å²) in [7, 11) is 0. The molecule has 1 aliphatic rings. The third kappa shape index (κ3) is 6.50. The molecule has 0 aromatic rings. The van der Waals surface area contributed by atoms with Gasteiger partial charge in [-0.1, -0.05) is 47.5 Å². The van der Waals surface area contributed by atoms with E-state index in [0.29, 0.717) is 5.92 Å². The predicted octanol–water partition coefficient (Wildman–Crippen LogP) is 6.58. The standard InChI is InChI=1S/C21H42O4/c1-10-13-19(6,7)22-24-21(25-23-20(8,9)14-11-2)16-17(3)12-15-18(21,4)5/h17H,10-16H2,1-9H3. The maximum Gasteiger partial charge on any atom is 0.239 e. The van der Waals surface area contributed by atoms with Crippen molar-refractivity contribution in [3.63, 3.8) is 0 Å². The molecule has 0 spiro atoms. The highest BCUT2D eigenvalue weighted by Gasteiger charge is 2.55. The van der Waals surface area contributed by atoms with E-state index in [-0.39, 0.29) is 16.6 Å². The molecule has 1 saturated carbocycles. The van der Waals surface area contributed by atoms with Gasteiger partial charge in [-0.05, 0) is 59.3 Å². The molecule has 1 unspecified atom stereocenters. The van der Waals surface area contributed by atoms with Crippen LogP contribution in [0.5, 0.6) is 0 Å². The normalized spacial score (nSPS) is 23.6. The van der Waals surface area contributed by atoms with Gasteiger partial charge >= 0.3 is 0 Å². The lowest BCUT2D eigenvalue weighted by molar-refractivity contribution is -0.569. The number of hydrogen-bond acceptors (Lipinski definition) is 4. The third-order valence-electron chi connectivity index (χ3n) is 5.42. The molecule has 0 aromatic carbocycles. The van der Waals surface area contributed by atoms with Gasteiger partial charge < -0.3 is 0 Å². The van der Waals surface area contributed by atoms with Crippen LogP contribution in [0.3, 0.4) is 0 Å². The minimum absolute atomic E-state index is 0.190. The second-order valence-electron chi connectivity index (χ2n) is 9.84. The Labute approximate surface area is 155 Å². The van der Waals surface area contributed by atoms with E-state index in [0.717, 1.165) is 44.9 Å². The third-order valence-corrected chi connectivity index (χ3v) is 5.42. The van der Waals surface area contributed by atoms with Crippen LogP contribution in [0, 0.1) is 11.3 Å². The van der Waals surface area contributed by atoms with Crippen LogP contribution in [0.25, 0.3) is 0 Å². The summed E-state index contributed by atoms with van der Waals surface area (Å²) in [6, 6.07) is 0. The number of hydrogen-bond donors (Lipinski definition) is 0. The van der Waals surface area contributed by atoms with Gasteiger partial charge in [-0.15, -0.1) is 0 Å². The van der Waals surface area contributed by atoms with Crippen molar-refractivity contribution >= 4 is 0 Å². The Morgan fingerprint density at radius 3 is 1.72 bits per heavy atom. The molecule has 25 heavy (non-hydrogen) atoms. The zero-order chi connectivity index (χ0) is 19.4. The van der Waals surface area contributed by atoms with Crippen molar-refractivity contribution in [2.45, 2.75) is 124 Å². The van der Waals surface area contributed by atoms with Gasteiger partial charge in [0.25, 0.3) is 0 Å². The fraction of sp³-hybridized carbons (Fsp3) is 1.00. The van der Waals surface area contributed by atoms with Crippen LogP contribution in [-0.4, -0.2) is 17.0 Å². The van der Waals surface area contributed by atoms with E-state index < -0.39 is 5.79 Å². The summed E-state index contributed by atoms with van der Waals surface area (Å²) < 4.78 is 0. The zero-order valence-electron chi connectivity index (χ0n) is 18.2. The Kier molecular flexibility index (Phi) is 7.95. The van der Waals surface area contributed by atoms with E-state index in [4.69, 9.17) is 19.6 Å². The highest BCUT2D eigenvalue weighted by atomic mass is 17.3. The summed E-state index contributed by atoms with van der Waals surface area (Å²) >= 11 is 0. The molecule has 0 radical (unpaired) electrons. The summed E-state index contributed by atoms with van der Waals surface area (Å²) in [5, 5.41) is 0. The van der Waals surface area contributed by atoms with Gasteiger partial charge in [0.2, 0.25) is 5.79 Å². The summed E-state index contributed by atoms with van der Waals surface area (Å²) in [5.74, 6) is -0.385. The molecule has 0 amide bonds. The van der Waals surface area contributed by atoms with Crippen molar-refractivity contribution in [1.82, 2.24) is 0 Å². The van der Waals surface area contributed by atoms with Gasteiger partial charge in [0, 0.05) is 11.8 Å². The topological polar surface area (TPSA) is 36.9 Å². The molecule has 1 atom stereocenters. The molecule has 0 aliphatic heterocycles. The molecule has 0 saturated heterocycles. The minimum atomic E-state index is -0.888. The summed E-state index contributed by atoms with van der Waals surface area (Å²) in [4.78, 5) is 24.0. The fourth-order valence-corrected chi connectivity index (χ4v) is 3.59. The molecule has 4 nitrogen and oxygen atoms in total. The second kappa shape index (κ2) is 8.69. The molecule has 0 aromatic heterocycles. The highest BCUT2D eigenvalue weighted by molar-refractivity contribution is 4.92. The van der Waals surface area contributed by atoms with E-state index >= 15 is 0 Å². The maximum absolute atomic E-state index is 6.10. The Balaban J connectivity index is 2.97. The maximum atomic E-state index is 6.10. The van der Waals surface area contributed by atoms with Crippen molar-refractivity contribution in [1.29, 1.82) is 0 Å². The average molecular weight is 359 g/mol. The fourth-order valence-electron chi connectivity index (χ4n) is 3.59. The van der Waals surface area contributed by atoms with Gasteiger partial charge in [-0.3, -0.25) is 0 Å².